The van der Waals surface area contributed by atoms with Gasteiger partial charge in [0, 0.05) is 33.3 Å². The minimum Gasteiger partial charge on any atom is -0.396 e. The third-order valence-electron chi connectivity index (χ3n) is 3.21. The zero-order valence-corrected chi connectivity index (χ0v) is 10.3. The quantitative estimate of drug-likeness (QED) is 0.580. The van der Waals surface area contributed by atoms with E-state index in [0.29, 0.717) is 13.2 Å². The molecular formula is C12H25NO3. The maximum atomic E-state index is 8.63. The Labute approximate surface area is 98.3 Å². The topological polar surface area (TPSA) is 50.7 Å². The first-order chi connectivity index (χ1) is 7.83. The predicted molar refractivity (Wildman–Crippen MR) is 63.6 cm³/mol. The van der Waals surface area contributed by atoms with E-state index in [-0.39, 0.29) is 5.60 Å². The molecular weight excluding hydrogens is 206 g/mol. The fraction of sp³-hybridized carbons (Fsp3) is 1.00. The number of hydrogen-bond acceptors (Lipinski definition) is 4. The van der Waals surface area contributed by atoms with Crippen molar-refractivity contribution >= 4 is 0 Å². The smallest absolute Gasteiger partial charge is 0.106 e. The molecule has 16 heavy (non-hydrogen) atoms. The Morgan fingerprint density at radius 3 is 2.75 bits per heavy atom. The highest BCUT2D eigenvalue weighted by atomic mass is 16.5. The summed E-state index contributed by atoms with van der Waals surface area (Å²) in [6, 6.07) is 0. The van der Waals surface area contributed by atoms with Gasteiger partial charge in [0.05, 0.1) is 6.61 Å². The summed E-state index contributed by atoms with van der Waals surface area (Å²) in [5.41, 5.74) is -0.0922. The van der Waals surface area contributed by atoms with E-state index in [1.54, 1.807) is 7.11 Å². The minimum atomic E-state index is -0.0922. The third-order valence-corrected chi connectivity index (χ3v) is 3.21. The van der Waals surface area contributed by atoms with E-state index >= 15 is 0 Å². The van der Waals surface area contributed by atoms with Gasteiger partial charge in [-0.2, -0.15) is 0 Å². The Balaban J connectivity index is 1.97. The maximum Gasteiger partial charge on any atom is 0.106 e. The number of methoxy groups -OCH3 is 1. The van der Waals surface area contributed by atoms with Gasteiger partial charge in [-0.1, -0.05) is 12.8 Å². The van der Waals surface area contributed by atoms with Crippen molar-refractivity contribution in [2.75, 3.05) is 40.0 Å². The molecule has 0 saturated carbocycles. The van der Waals surface area contributed by atoms with Gasteiger partial charge in [0.25, 0.3) is 0 Å². The lowest BCUT2D eigenvalue weighted by Crippen LogP contribution is -2.43. The van der Waals surface area contributed by atoms with E-state index in [1.807, 2.05) is 0 Å². The molecule has 1 unspecified atom stereocenters. The molecule has 96 valence electrons. The first-order valence-corrected chi connectivity index (χ1v) is 6.27. The summed E-state index contributed by atoms with van der Waals surface area (Å²) in [5, 5.41) is 12.1. The second-order valence-corrected chi connectivity index (χ2v) is 4.50. The molecule has 1 heterocycles. The molecule has 0 bridgehead atoms. The third kappa shape index (κ3) is 4.78. The molecule has 0 radical (unpaired) electrons. The van der Waals surface area contributed by atoms with Crippen LogP contribution in [0.25, 0.3) is 0 Å². The Morgan fingerprint density at radius 1 is 1.31 bits per heavy atom. The molecule has 1 fully saturated rings. The SMILES string of the molecule is COC1(CNCCCCCCO)CCOC1. The van der Waals surface area contributed by atoms with E-state index in [0.717, 1.165) is 39.0 Å². The van der Waals surface area contributed by atoms with Crippen molar-refractivity contribution < 1.29 is 14.6 Å². The molecule has 2 N–H and O–H groups in total. The van der Waals surface area contributed by atoms with Gasteiger partial charge in [0.15, 0.2) is 0 Å². The highest BCUT2D eigenvalue weighted by Gasteiger charge is 2.34. The van der Waals surface area contributed by atoms with Crippen LogP contribution >= 0.6 is 0 Å². The fourth-order valence-electron chi connectivity index (χ4n) is 1.99. The summed E-state index contributed by atoms with van der Waals surface area (Å²) >= 11 is 0. The normalized spacial score (nSPS) is 25.1. The Hall–Kier alpha value is -0.160. The summed E-state index contributed by atoms with van der Waals surface area (Å²) < 4.78 is 10.9. The number of unbranched alkanes of at least 4 members (excludes halogenated alkanes) is 3. The average Bonchev–Trinajstić information content (AvgIpc) is 2.77. The van der Waals surface area contributed by atoms with Gasteiger partial charge < -0.3 is 19.9 Å². The second kappa shape index (κ2) is 8.01. The lowest BCUT2D eigenvalue weighted by molar-refractivity contribution is -0.0156. The number of rotatable bonds is 9. The van der Waals surface area contributed by atoms with E-state index in [2.05, 4.69) is 5.32 Å². The van der Waals surface area contributed by atoms with Gasteiger partial charge in [0.2, 0.25) is 0 Å². The van der Waals surface area contributed by atoms with Crippen molar-refractivity contribution in [2.45, 2.75) is 37.7 Å². The Bertz CT molecular complexity index is 170. The van der Waals surface area contributed by atoms with Gasteiger partial charge in [-0.05, 0) is 19.4 Å². The van der Waals surface area contributed by atoms with Crippen molar-refractivity contribution in [3.63, 3.8) is 0 Å². The summed E-state index contributed by atoms with van der Waals surface area (Å²) in [6.07, 6.45) is 5.39. The summed E-state index contributed by atoms with van der Waals surface area (Å²) in [7, 11) is 1.76. The molecule has 0 spiro atoms. The van der Waals surface area contributed by atoms with Gasteiger partial charge in [-0.3, -0.25) is 0 Å². The van der Waals surface area contributed by atoms with E-state index in [9.17, 15) is 0 Å². The van der Waals surface area contributed by atoms with Gasteiger partial charge >= 0.3 is 0 Å². The van der Waals surface area contributed by atoms with Crippen LogP contribution in [0.15, 0.2) is 0 Å². The maximum absolute atomic E-state index is 8.63. The average molecular weight is 231 g/mol. The molecule has 1 aliphatic heterocycles. The molecule has 0 amide bonds. The lowest BCUT2D eigenvalue weighted by atomic mass is 10.0. The van der Waals surface area contributed by atoms with Crippen LogP contribution in [0.3, 0.4) is 0 Å². The van der Waals surface area contributed by atoms with Crippen LogP contribution in [0.4, 0.5) is 0 Å². The molecule has 1 rings (SSSR count). The second-order valence-electron chi connectivity index (χ2n) is 4.50. The van der Waals surface area contributed by atoms with Gasteiger partial charge in [-0.15, -0.1) is 0 Å². The zero-order chi connectivity index (χ0) is 11.7. The van der Waals surface area contributed by atoms with Crippen molar-refractivity contribution in [3.05, 3.63) is 0 Å². The van der Waals surface area contributed by atoms with Crippen LogP contribution in [0.1, 0.15) is 32.1 Å². The molecule has 4 heteroatoms. The molecule has 0 aliphatic carbocycles. The summed E-state index contributed by atoms with van der Waals surface area (Å²) in [4.78, 5) is 0. The Morgan fingerprint density at radius 2 is 2.12 bits per heavy atom. The molecule has 1 atom stereocenters. The number of aliphatic hydroxyl groups excluding tert-OH is 1. The monoisotopic (exact) mass is 231 g/mol. The summed E-state index contributed by atoms with van der Waals surface area (Å²) in [6.45, 7) is 3.74. The number of hydrogen-bond donors (Lipinski definition) is 2. The highest BCUT2D eigenvalue weighted by Crippen LogP contribution is 2.21. The van der Waals surface area contributed by atoms with E-state index in [1.165, 1.54) is 12.8 Å². The molecule has 1 saturated heterocycles. The molecule has 4 nitrogen and oxygen atoms in total. The number of ether oxygens (including phenoxy) is 2. The minimum absolute atomic E-state index is 0.0922. The standard InChI is InChI=1S/C12H25NO3/c1-15-12(6-9-16-11-12)10-13-7-4-2-3-5-8-14/h13-14H,2-11H2,1H3. The molecule has 0 aromatic heterocycles. The van der Waals surface area contributed by atoms with Crippen LogP contribution < -0.4 is 5.32 Å². The predicted octanol–water partition coefficient (Wildman–Crippen LogP) is 0.934. The molecule has 0 aromatic carbocycles. The van der Waals surface area contributed by atoms with Crippen LogP contribution in [0.2, 0.25) is 0 Å². The first-order valence-electron chi connectivity index (χ1n) is 6.27. The van der Waals surface area contributed by atoms with E-state index < -0.39 is 0 Å². The summed E-state index contributed by atoms with van der Waals surface area (Å²) in [5.74, 6) is 0. The van der Waals surface area contributed by atoms with Gasteiger partial charge in [0.1, 0.15) is 5.60 Å². The Kier molecular flexibility index (Phi) is 6.96. The molecule has 0 aromatic rings. The first kappa shape index (κ1) is 13.9. The largest absolute Gasteiger partial charge is 0.396 e. The van der Waals surface area contributed by atoms with Crippen molar-refractivity contribution in [1.82, 2.24) is 5.32 Å². The van der Waals surface area contributed by atoms with Crippen molar-refractivity contribution in [2.24, 2.45) is 0 Å². The highest BCUT2D eigenvalue weighted by molar-refractivity contribution is 4.86. The van der Waals surface area contributed by atoms with Crippen LogP contribution in [-0.2, 0) is 9.47 Å². The van der Waals surface area contributed by atoms with E-state index in [4.69, 9.17) is 14.6 Å². The van der Waals surface area contributed by atoms with Crippen LogP contribution in [-0.4, -0.2) is 50.7 Å². The van der Waals surface area contributed by atoms with Gasteiger partial charge in [-0.25, -0.2) is 0 Å². The van der Waals surface area contributed by atoms with Crippen LogP contribution in [0, 0.1) is 0 Å². The van der Waals surface area contributed by atoms with Crippen LogP contribution in [0.5, 0.6) is 0 Å². The lowest BCUT2D eigenvalue weighted by Gasteiger charge is -2.26. The fourth-order valence-corrected chi connectivity index (χ4v) is 1.99. The zero-order valence-electron chi connectivity index (χ0n) is 10.3. The molecule has 1 aliphatic rings. The number of nitrogens with one attached hydrogen (secondary N) is 1. The van der Waals surface area contributed by atoms with Crippen molar-refractivity contribution in [1.29, 1.82) is 0 Å². The number of aliphatic hydroxyl groups is 1. The van der Waals surface area contributed by atoms with Crippen molar-refractivity contribution in [3.8, 4) is 0 Å².